The zero-order valence-corrected chi connectivity index (χ0v) is 15.0. The van der Waals surface area contributed by atoms with Gasteiger partial charge in [0.15, 0.2) is 9.84 Å². The van der Waals surface area contributed by atoms with Crippen molar-refractivity contribution >= 4 is 41.7 Å². The Morgan fingerprint density at radius 3 is 2.25 bits per heavy atom. The molecule has 0 bridgehead atoms. The first-order chi connectivity index (χ1) is 9.41. The second kappa shape index (κ2) is 6.44. The maximum atomic E-state index is 13.0. The number of sulfone groups is 1. The Morgan fingerprint density at radius 2 is 1.80 bits per heavy atom. The summed E-state index contributed by atoms with van der Waals surface area (Å²) in [6.45, 7) is 0. The minimum atomic E-state index is -2.90. The zero-order valence-electron chi connectivity index (χ0n) is 11.0. The van der Waals surface area contributed by atoms with Crippen LogP contribution in [0.5, 0.6) is 0 Å². The van der Waals surface area contributed by atoms with E-state index in [1.165, 1.54) is 12.1 Å². The molecule has 0 amide bonds. The van der Waals surface area contributed by atoms with Gasteiger partial charge >= 0.3 is 0 Å². The van der Waals surface area contributed by atoms with Crippen LogP contribution in [0, 0.1) is 17.2 Å². The van der Waals surface area contributed by atoms with Gasteiger partial charge in [-0.15, -0.1) is 0 Å². The van der Waals surface area contributed by atoms with Crippen LogP contribution in [0.25, 0.3) is 0 Å². The molecule has 1 atom stereocenters. The Labute approximate surface area is 136 Å². The van der Waals surface area contributed by atoms with Crippen molar-refractivity contribution in [3.63, 3.8) is 0 Å². The van der Waals surface area contributed by atoms with E-state index in [0.29, 0.717) is 6.42 Å². The third-order valence-electron chi connectivity index (χ3n) is 4.10. The van der Waals surface area contributed by atoms with E-state index in [1.807, 2.05) is 0 Å². The van der Waals surface area contributed by atoms with Crippen LogP contribution in [0.3, 0.4) is 0 Å². The number of halogens is 3. The fourth-order valence-electron chi connectivity index (χ4n) is 2.78. The molecule has 6 heteroatoms. The SMILES string of the molecule is O=S1(=O)CCC(C(CBr)(CBr)Cc2ccc(F)cc2)C1. The van der Waals surface area contributed by atoms with Crippen molar-refractivity contribution in [3.8, 4) is 0 Å². The highest BCUT2D eigenvalue weighted by atomic mass is 79.9. The van der Waals surface area contributed by atoms with Crippen LogP contribution in [0.15, 0.2) is 24.3 Å². The fraction of sp³-hybridized carbons (Fsp3) is 0.571. The minimum Gasteiger partial charge on any atom is -0.229 e. The van der Waals surface area contributed by atoms with Crippen LogP contribution in [0.2, 0.25) is 0 Å². The first kappa shape index (κ1) is 16.4. The fourth-order valence-corrected chi connectivity index (χ4v) is 6.96. The largest absolute Gasteiger partial charge is 0.229 e. The van der Waals surface area contributed by atoms with Crippen molar-refractivity contribution in [2.75, 3.05) is 22.2 Å². The van der Waals surface area contributed by atoms with Gasteiger partial charge in [0.2, 0.25) is 0 Å². The van der Waals surface area contributed by atoms with E-state index in [-0.39, 0.29) is 28.7 Å². The molecule has 112 valence electrons. The second-order valence-electron chi connectivity index (χ2n) is 5.53. The smallest absolute Gasteiger partial charge is 0.150 e. The van der Waals surface area contributed by atoms with Crippen LogP contribution >= 0.6 is 31.9 Å². The summed E-state index contributed by atoms with van der Waals surface area (Å²) in [7, 11) is -2.90. The van der Waals surface area contributed by atoms with Gasteiger partial charge in [-0.3, -0.25) is 0 Å². The standard InChI is InChI=1S/C14H17Br2FO2S/c15-9-14(10-16,12-5-6-20(18,19)8-12)7-11-1-3-13(17)4-2-11/h1-4,12H,5-10H2. The molecular formula is C14H17Br2FO2S. The average molecular weight is 428 g/mol. The van der Waals surface area contributed by atoms with Gasteiger partial charge in [0.05, 0.1) is 11.5 Å². The van der Waals surface area contributed by atoms with Crippen LogP contribution in [-0.2, 0) is 16.3 Å². The van der Waals surface area contributed by atoms with Gasteiger partial charge in [-0.2, -0.15) is 0 Å². The van der Waals surface area contributed by atoms with Crippen molar-refractivity contribution in [2.24, 2.45) is 11.3 Å². The molecule has 1 fully saturated rings. The lowest BCUT2D eigenvalue weighted by Gasteiger charge is -2.36. The van der Waals surface area contributed by atoms with Crippen molar-refractivity contribution in [1.82, 2.24) is 0 Å². The second-order valence-corrected chi connectivity index (χ2v) is 8.88. The zero-order chi connectivity index (χ0) is 14.8. The number of hydrogen-bond acceptors (Lipinski definition) is 2. The maximum absolute atomic E-state index is 13.0. The summed E-state index contributed by atoms with van der Waals surface area (Å²) >= 11 is 7.11. The average Bonchev–Trinajstić information content (AvgIpc) is 2.79. The summed E-state index contributed by atoms with van der Waals surface area (Å²) in [4.78, 5) is 0. The third-order valence-corrected chi connectivity index (χ3v) is 8.10. The monoisotopic (exact) mass is 426 g/mol. The van der Waals surface area contributed by atoms with E-state index in [1.54, 1.807) is 12.1 Å². The molecule has 1 aromatic carbocycles. The van der Waals surface area contributed by atoms with Gasteiger partial charge in [-0.05, 0) is 41.9 Å². The molecule has 1 aliphatic rings. The predicted molar refractivity (Wildman–Crippen MR) is 86.9 cm³/mol. The summed E-state index contributed by atoms with van der Waals surface area (Å²) in [5.41, 5.74) is 0.885. The van der Waals surface area contributed by atoms with Crippen molar-refractivity contribution in [3.05, 3.63) is 35.6 Å². The molecule has 0 spiro atoms. The van der Waals surface area contributed by atoms with E-state index in [9.17, 15) is 12.8 Å². The predicted octanol–water partition coefficient (Wildman–Crippen LogP) is 3.58. The third kappa shape index (κ3) is 3.63. The number of alkyl halides is 2. The normalized spacial score (nSPS) is 22.1. The van der Waals surface area contributed by atoms with E-state index in [2.05, 4.69) is 31.9 Å². The molecule has 0 radical (unpaired) electrons. The lowest BCUT2D eigenvalue weighted by atomic mass is 9.74. The molecule has 2 rings (SSSR count). The Balaban J connectivity index is 2.23. The quantitative estimate of drug-likeness (QED) is 0.673. The molecule has 0 saturated carbocycles. The molecule has 1 aliphatic heterocycles. The Kier molecular flexibility index (Phi) is 5.29. The highest BCUT2D eigenvalue weighted by Crippen LogP contribution is 2.41. The van der Waals surface area contributed by atoms with Gasteiger partial charge in [-0.1, -0.05) is 44.0 Å². The van der Waals surface area contributed by atoms with Crippen LogP contribution in [0.4, 0.5) is 4.39 Å². The molecular weight excluding hydrogens is 411 g/mol. The lowest BCUT2D eigenvalue weighted by molar-refractivity contribution is 0.253. The summed E-state index contributed by atoms with van der Waals surface area (Å²) in [6.07, 6.45) is 1.45. The Hall–Kier alpha value is 0.0600. The molecule has 20 heavy (non-hydrogen) atoms. The molecule has 2 nitrogen and oxygen atoms in total. The van der Waals surface area contributed by atoms with Gasteiger partial charge in [-0.25, -0.2) is 12.8 Å². The van der Waals surface area contributed by atoms with Crippen molar-refractivity contribution in [1.29, 1.82) is 0 Å². The lowest BCUT2D eigenvalue weighted by Crippen LogP contribution is -2.37. The summed E-state index contributed by atoms with van der Waals surface area (Å²) in [6, 6.07) is 6.46. The number of benzene rings is 1. The molecule has 1 unspecified atom stereocenters. The van der Waals surface area contributed by atoms with Crippen molar-refractivity contribution < 1.29 is 12.8 Å². The van der Waals surface area contributed by atoms with E-state index >= 15 is 0 Å². The van der Waals surface area contributed by atoms with Crippen molar-refractivity contribution in [2.45, 2.75) is 12.8 Å². The van der Waals surface area contributed by atoms with Crippen LogP contribution < -0.4 is 0 Å². The molecule has 0 N–H and O–H groups in total. The van der Waals surface area contributed by atoms with E-state index < -0.39 is 9.84 Å². The minimum absolute atomic E-state index is 0.135. The summed E-state index contributed by atoms with van der Waals surface area (Å²) in [5, 5.41) is 1.45. The highest BCUT2D eigenvalue weighted by molar-refractivity contribution is 9.09. The van der Waals surface area contributed by atoms with Crippen LogP contribution in [0.1, 0.15) is 12.0 Å². The first-order valence-corrected chi connectivity index (χ1v) is 10.5. The highest BCUT2D eigenvalue weighted by Gasteiger charge is 2.43. The van der Waals surface area contributed by atoms with E-state index in [4.69, 9.17) is 0 Å². The molecule has 1 saturated heterocycles. The van der Waals surface area contributed by atoms with Gasteiger partial charge in [0.1, 0.15) is 5.82 Å². The molecule has 1 heterocycles. The molecule has 1 aromatic rings. The number of rotatable bonds is 5. The van der Waals surface area contributed by atoms with Gasteiger partial charge < -0.3 is 0 Å². The molecule has 0 aromatic heterocycles. The molecule has 0 aliphatic carbocycles. The number of hydrogen-bond donors (Lipinski definition) is 0. The first-order valence-electron chi connectivity index (χ1n) is 6.47. The van der Waals surface area contributed by atoms with Crippen LogP contribution in [-0.4, -0.2) is 30.6 Å². The van der Waals surface area contributed by atoms with Gasteiger partial charge in [0, 0.05) is 10.7 Å². The Morgan fingerprint density at radius 1 is 1.20 bits per heavy atom. The summed E-state index contributed by atoms with van der Waals surface area (Å²) < 4.78 is 36.5. The Bertz CT molecular complexity index is 553. The van der Waals surface area contributed by atoms with Gasteiger partial charge in [0.25, 0.3) is 0 Å². The summed E-state index contributed by atoms with van der Waals surface area (Å²) in [5.74, 6) is 0.422. The van der Waals surface area contributed by atoms with E-state index in [0.717, 1.165) is 22.6 Å². The maximum Gasteiger partial charge on any atom is 0.150 e. The topological polar surface area (TPSA) is 34.1 Å².